The lowest BCUT2D eigenvalue weighted by Crippen LogP contribution is -2.42. The summed E-state index contributed by atoms with van der Waals surface area (Å²) in [7, 11) is 1.88. The van der Waals surface area contributed by atoms with Crippen LogP contribution >= 0.6 is 0 Å². The van der Waals surface area contributed by atoms with Crippen molar-refractivity contribution < 1.29 is 9.53 Å². The van der Waals surface area contributed by atoms with E-state index in [1.165, 1.54) is 0 Å². The van der Waals surface area contributed by atoms with Crippen molar-refractivity contribution in [3.63, 3.8) is 0 Å². The fraction of sp³-hybridized carbons (Fsp3) is 0.579. The number of aryl methyl sites for hydroxylation is 1. The third-order valence-corrected chi connectivity index (χ3v) is 5.09. The monoisotopic (exact) mass is 344 g/mol. The molecular weight excluding hydrogens is 316 g/mol. The molecule has 25 heavy (non-hydrogen) atoms. The van der Waals surface area contributed by atoms with Crippen LogP contribution in [-0.4, -0.2) is 64.5 Å². The van der Waals surface area contributed by atoms with Crippen molar-refractivity contribution in [2.45, 2.75) is 39.3 Å². The van der Waals surface area contributed by atoms with Crippen LogP contribution in [0, 0.1) is 6.92 Å². The van der Waals surface area contributed by atoms with Gasteiger partial charge in [-0.3, -0.25) is 9.69 Å². The van der Waals surface area contributed by atoms with Gasteiger partial charge in [-0.1, -0.05) is 6.07 Å². The van der Waals surface area contributed by atoms with E-state index in [1.54, 1.807) is 0 Å². The fourth-order valence-corrected chi connectivity index (χ4v) is 3.39. The summed E-state index contributed by atoms with van der Waals surface area (Å²) in [5.41, 5.74) is 2.98. The SMILES string of the molecule is Cc1nc2ccccn2c1CN(C)C(=O)CC[C@H](C)N1CCOCC1. The van der Waals surface area contributed by atoms with E-state index in [0.717, 1.165) is 49.8 Å². The number of morpholine rings is 1. The number of hydrogen-bond donors (Lipinski definition) is 0. The molecule has 0 aromatic carbocycles. The summed E-state index contributed by atoms with van der Waals surface area (Å²) in [6.45, 7) is 8.31. The molecule has 1 aliphatic heterocycles. The molecule has 0 unspecified atom stereocenters. The van der Waals surface area contributed by atoms with Crippen LogP contribution < -0.4 is 0 Å². The number of aromatic nitrogens is 2. The molecule has 1 aliphatic rings. The largest absolute Gasteiger partial charge is 0.379 e. The number of carbonyl (C=O) groups excluding carboxylic acids is 1. The van der Waals surface area contributed by atoms with Gasteiger partial charge >= 0.3 is 0 Å². The van der Waals surface area contributed by atoms with E-state index < -0.39 is 0 Å². The number of rotatable bonds is 6. The summed E-state index contributed by atoms with van der Waals surface area (Å²) < 4.78 is 7.46. The molecule has 0 bridgehead atoms. The molecule has 3 rings (SSSR count). The predicted molar refractivity (Wildman–Crippen MR) is 97.5 cm³/mol. The standard InChI is InChI=1S/C19H28N4O2/c1-15(22-10-12-25-13-11-22)7-8-19(24)21(3)14-17-16(2)20-18-6-4-5-9-23(17)18/h4-6,9,15H,7-8,10-14H2,1-3H3/t15-/m0/s1. The molecule has 136 valence electrons. The topological polar surface area (TPSA) is 50.1 Å². The molecule has 1 atom stereocenters. The molecule has 0 spiro atoms. The lowest BCUT2D eigenvalue weighted by Gasteiger charge is -2.32. The van der Waals surface area contributed by atoms with Gasteiger partial charge in [0, 0.05) is 38.8 Å². The van der Waals surface area contributed by atoms with Crippen LogP contribution in [0.15, 0.2) is 24.4 Å². The molecule has 0 aliphatic carbocycles. The van der Waals surface area contributed by atoms with Crippen molar-refractivity contribution >= 4 is 11.6 Å². The number of amides is 1. The molecule has 6 heteroatoms. The Morgan fingerprint density at radius 1 is 1.36 bits per heavy atom. The van der Waals surface area contributed by atoms with Crippen molar-refractivity contribution in [2.24, 2.45) is 0 Å². The Morgan fingerprint density at radius 2 is 2.12 bits per heavy atom. The minimum Gasteiger partial charge on any atom is -0.379 e. The van der Waals surface area contributed by atoms with E-state index in [4.69, 9.17) is 4.74 Å². The van der Waals surface area contributed by atoms with Crippen LogP contribution in [0.4, 0.5) is 0 Å². The highest BCUT2D eigenvalue weighted by atomic mass is 16.5. The van der Waals surface area contributed by atoms with Crippen molar-refractivity contribution in [3.8, 4) is 0 Å². The number of fused-ring (bicyclic) bond motifs is 1. The maximum absolute atomic E-state index is 12.6. The highest BCUT2D eigenvalue weighted by Crippen LogP contribution is 2.15. The van der Waals surface area contributed by atoms with Crippen LogP contribution in [-0.2, 0) is 16.1 Å². The second-order valence-electron chi connectivity index (χ2n) is 6.86. The average Bonchev–Trinajstić information content (AvgIpc) is 2.95. The number of ether oxygens (including phenoxy) is 1. The van der Waals surface area contributed by atoms with E-state index in [2.05, 4.69) is 21.2 Å². The normalized spacial score (nSPS) is 16.9. The second kappa shape index (κ2) is 7.97. The van der Waals surface area contributed by atoms with Gasteiger partial charge in [0.25, 0.3) is 0 Å². The van der Waals surface area contributed by atoms with Gasteiger partial charge in [-0.05, 0) is 32.4 Å². The van der Waals surface area contributed by atoms with Gasteiger partial charge < -0.3 is 14.0 Å². The summed E-state index contributed by atoms with van der Waals surface area (Å²) in [6, 6.07) is 6.37. The molecule has 2 aromatic heterocycles. The predicted octanol–water partition coefficient (Wildman–Crippen LogP) is 2.10. The number of carbonyl (C=O) groups is 1. The van der Waals surface area contributed by atoms with Crippen molar-refractivity contribution in [2.75, 3.05) is 33.4 Å². The Hall–Kier alpha value is -1.92. The lowest BCUT2D eigenvalue weighted by atomic mass is 10.1. The first-order valence-corrected chi connectivity index (χ1v) is 9.04. The Bertz CT molecular complexity index is 721. The Kier molecular flexibility index (Phi) is 5.71. The number of pyridine rings is 1. The highest BCUT2D eigenvalue weighted by Gasteiger charge is 2.20. The third kappa shape index (κ3) is 4.19. The molecule has 1 amide bonds. The quantitative estimate of drug-likeness (QED) is 0.805. The molecule has 0 radical (unpaired) electrons. The van der Waals surface area contributed by atoms with Crippen molar-refractivity contribution in [3.05, 3.63) is 35.8 Å². The minimum absolute atomic E-state index is 0.186. The Labute approximate surface area is 149 Å². The first-order valence-electron chi connectivity index (χ1n) is 9.04. The van der Waals surface area contributed by atoms with Crippen LogP contribution in [0.25, 0.3) is 5.65 Å². The van der Waals surface area contributed by atoms with Crippen LogP contribution in [0.5, 0.6) is 0 Å². The van der Waals surface area contributed by atoms with Gasteiger partial charge in [-0.25, -0.2) is 4.98 Å². The fourth-order valence-electron chi connectivity index (χ4n) is 3.39. The Morgan fingerprint density at radius 3 is 2.88 bits per heavy atom. The molecule has 3 heterocycles. The zero-order valence-corrected chi connectivity index (χ0v) is 15.4. The Balaban J connectivity index is 1.56. The summed E-state index contributed by atoms with van der Waals surface area (Å²) in [5.74, 6) is 0.186. The van der Waals surface area contributed by atoms with Gasteiger partial charge in [0.15, 0.2) is 0 Å². The first kappa shape index (κ1) is 17.9. The van der Waals surface area contributed by atoms with Gasteiger partial charge in [0.05, 0.1) is 31.1 Å². The van der Waals surface area contributed by atoms with Gasteiger partial charge in [0.1, 0.15) is 5.65 Å². The number of nitrogens with zero attached hydrogens (tertiary/aromatic N) is 4. The molecule has 0 saturated carbocycles. The highest BCUT2D eigenvalue weighted by molar-refractivity contribution is 5.75. The summed E-state index contributed by atoms with van der Waals surface area (Å²) in [6.07, 6.45) is 3.46. The molecule has 0 N–H and O–H groups in total. The van der Waals surface area contributed by atoms with Crippen molar-refractivity contribution in [1.82, 2.24) is 19.2 Å². The third-order valence-electron chi connectivity index (χ3n) is 5.09. The molecule has 1 fully saturated rings. The smallest absolute Gasteiger partial charge is 0.222 e. The van der Waals surface area contributed by atoms with E-state index in [-0.39, 0.29) is 5.91 Å². The summed E-state index contributed by atoms with van der Waals surface area (Å²) in [4.78, 5) is 21.3. The average molecular weight is 344 g/mol. The first-order chi connectivity index (χ1) is 12.1. The lowest BCUT2D eigenvalue weighted by molar-refractivity contribution is -0.130. The van der Waals surface area contributed by atoms with Gasteiger partial charge in [0.2, 0.25) is 5.91 Å². The van der Waals surface area contributed by atoms with E-state index in [9.17, 15) is 4.79 Å². The van der Waals surface area contributed by atoms with E-state index >= 15 is 0 Å². The zero-order chi connectivity index (χ0) is 17.8. The second-order valence-corrected chi connectivity index (χ2v) is 6.86. The molecule has 6 nitrogen and oxygen atoms in total. The van der Waals surface area contributed by atoms with Gasteiger partial charge in [-0.2, -0.15) is 0 Å². The van der Waals surface area contributed by atoms with Gasteiger partial charge in [-0.15, -0.1) is 0 Å². The molecular formula is C19H28N4O2. The van der Waals surface area contributed by atoms with Crippen LogP contribution in [0.2, 0.25) is 0 Å². The maximum atomic E-state index is 12.6. The summed E-state index contributed by atoms with van der Waals surface area (Å²) in [5, 5.41) is 0. The van der Waals surface area contributed by atoms with E-state index in [0.29, 0.717) is 19.0 Å². The van der Waals surface area contributed by atoms with Crippen LogP contribution in [0.1, 0.15) is 31.2 Å². The molecule has 2 aromatic rings. The molecule has 1 saturated heterocycles. The van der Waals surface area contributed by atoms with Crippen LogP contribution in [0.3, 0.4) is 0 Å². The summed E-state index contributed by atoms with van der Waals surface area (Å²) >= 11 is 0. The zero-order valence-electron chi connectivity index (χ0n) is 15.4. The van der Waals surface area contributed by atoms with E-state index in [1.807, 2.05) is 43.3 Å². The minimum atomic E-state index is 0.186. The maximum Gasteiger partial charge on any atom is 0.222 e. The number of hydrogen-bond acceptors (Lipinski definition) is 4. The van der Waals surface area contributed by atoms with Crippen molar-refractivity contribution in [1.29, 1.82) is 0 Å². The number of imidazole rings is 1.